The van der Waals surface area contributed by atoms with Gasteiger partial charge >= 0.3 is 19.5 Å². The fourth-order valence-corrected chi connectivity index (χ4v) is 0.551. The van der Waals surface area contributed by atoms with Gasteiger partial charge in [-0.15, -0.1) is 0 Å². The normalized spacial score (nSPS) is 17.8. The number of cyclic esters (lactones) is 2. The number of hydrogen-bond donors (Lipinski definition) is 1. The molecule has 6 nitrogen and oxygen atoms in total. The average Bonchev–Trinajstić information content (AvgIpc) is 1.93. The number of ether oxygens (including phenoxy) is 2. The first-order chi connectivity index (χ1) is 4.68. The number of nitrogens with two attached hydrogens (primary N) is 2. The molecule has 0 aromatic rings. The van der Waals surface area contributed by atoms with Crippen LogP contribution in [-0.2, 0) is 38.5 Å². The summed E-state index contributed by atoms with van der Waals surface area (Å²) < 4.78 is 8.59. The van der Waals surface area contributed by atoms with Gasteiger partial charge in [0.05, 0.1) is 19.3 Å². The van der Waals surface area contributed by atoms with Gasteiger partial charge < -0.3 is 21.4 Å². The Morgan fingerprint density at radius 3 is 1.83 bits per heavy atom. The predicted molar refractivity (Wildman–Crippen MR) is 34.1 cm³/mol. The Balaban J connectivity index is 0. The average molecular weight is 226 g/mol. The third-order valence-electron chi connectivity index (χ3n) is 0.962. The molecule has 0 aliphatic carbocycles. The fraction of sp³-hybridized carbons (Fsp3) is 0.400. The van der Waals surface area contributed by atoms with E-state index in [1.54, 1.807) is 0 Å². The first-order valence-corrected chi connectivity index (χ1v) is 2.72. The van der Waals surface area contributed by atoms with Crippen molar-refractivity contribution in [1.29, 1.82) is 0 Å². The topological polar surface area (TPSA) is 112 Å². The molecule has 1 aliphatic rings. The Kier molecular flexibility index (Phi) is 7.08. The van der Waals surface area contributed by atoms with E-state index < -0.39 is 18.4 Å². The summed E-state index contributed by atoms with van der Waals surface area (Å²) in [6, 6.07) is 0. The van der Waals surface area contributed by atoms with Crippen LogP contribution in [-0.4, -0.2) is 11.9 Å². The van der Waals surface area contributed by atoms with Gasteiger partial charge in [0.1, 0.15) is 0 Å². The molecule has 0 bridgehead atoms. The number of carbonyl (C=O) groups is 2. The molecule has 0 radical (unpaired) electrons. The Morgan fingerprint density at radius 1 is 1.17 bits per heavy atom. The van der Waals surface area contributed by atoms with Crippen molar-refractivity contribution >= 4 is 11.9 Å². The molecule has 4 N–H and O–H groups in total. The van der Waals surface area contributed by atoms with Gasteiger partial charge in [-0.2, -0.15) is 0 Å². The van der Waals surface area contributed by atoms with E-state index in [1.165, 1.54) is 0 Å². The van der Waals surface area contributed by atoms with Crippen LogP contribution in [0.3, 0.4) is 0 Å². The van der Waals surface area contributed by atoms with Crippen LogP contribution in [0.4, 0.5) is 0 Å². The number of rotatable bonds is 0. The van der Waals surface area contributed by atoms with Crippen LogP contribution >= 0.6 is 0 Å². The quantitative estimate of drug-likeness (QED) is 0.354. The van der Waals surface area contributed by atoms with Crippen molar-refractivity contribution in [3.8, 4) is 0 Å². The van der Waals surface area contributed by atoms with Crippen molar-refractivity contribution in [2.24, 2.45) is 5.73 Å². The summed E-state index contributed by atoms with van der Waals surface area (Å²) >= 11 is 0. The van der Waals surface area contributed by atoms with Crippen molar-refractivity contribution in [2.45, 2.75) is 12.8 Å². The van der Waals surface area contributed by atoms with Crippen LogP contribution in [0.15, 0.2) is 0 Å². The maximum absolute atomic E-state index is 10.5. The largest absolute Gasteiger partial charge is 2.00 e. The van der Waals surface area contributed by atoms with Gasteiger partial charge in [-0.25, -0.2) is 0 Å². The summed E-state index contributed by atoms with van der Waals surface area (Å²) in [5.41, 5.74) is 4.95. The summed E-state index contributed by atoms with van der Waals surface area (Å²) in [5, 5.41) is 0. The third kappa shape index (κ3) is 4.38. The summed E-state index contributed by atoms with van der Waals surface area (Å²) in [4.78, 5) is 21.0. The zero-order valence-electron chi connectivity index (χ0n) is 6.41. The summed E-state index contributed by atoms with van der Waals surface area (Å²) in [6.45, 7) is 0. The molecule has 0 aromatic carbocycles. The minimum absolute atomic E-state index is 0. The van der Waals surface area contributed by atoms with E-state index in [0.717, 1.165) is 0 Å². The molecule has 12 heavy (non-hydrogen) atoms. The van der Waals surface area contributed by atoms with E-state index in [4.69, 9.17) is 5.73 Å². The Labute approximate surface area is 82.1 Å². The van der Waals surface area contributed by atoms with E-state index in [0.29, 0.717) is 0 Å². The third-order valence-corrected chi connectivity index (χ3v) is 0.962. The van der Waals surface area contributed by atoms with Gasteiger partial charge in [0.15, 0.2) is 0 Å². The molecular formula is C5H8N2O4Zn. The number of esters is 2. The molecule has 0 saturated carbocycles. The van der Waals surface area contributed by atoms with Crippen molar-refractivity contribution in [3.63, 3.8) is 0 Å². The molecule has 7 heteroatoms. The molecule has 64 valence electrons. The Bertz CT molecular complexity index is 157. The van der Waals surface area contributed by atoms with Gasteiger partial charge in [-0.3, -0.25) is 9.59 Å². The van der Waals surface area contributed by atoms with E-state index in [-0.39, 0.29) is 38.5 Å². The molecule has 1 fully saturated rings. The van der Waals surface area contributed by atoms with E-state index in [2.05, 4.69) is 9.47 Å². The van der Waals surface area contributed by atoms with E-state index >= 15 is 0 Å². The molecular weight excluding hydrogens is 217 g/mol. The van der Waals surface area contributed by atoms with Gasteiger partial charge in [0, 0.05) is 0 Å². The van der Waals surface area contributed by atoms with Crippen LogP contribution in [0.1, 0.15) is 12.8 Å². The standard InChI is InChI=1S/C5H6NO4.H2N.Zn/c6-5-9-3(7)1-2-4(8)10-5;;/h1-2,6H2;1H2;/q2*-1;+2. The SMILES string of the molecule is N[C-]1OC(=O)CCC(=O)O1.[NH2-].[Zn+2]. The molecule has 0 aromatic heterocycles. The van der Waals surface area contributed by atoms with E-state index in [1.807, 2.05) is 0 Å². The molecule has 1 heterocycles. The molecule has 1 aliphatic heterocycles. The van der Waals surface area contributed by atoms with Crippen molar-refractivity contribution in [1.82, 2.24) is 0 Å². The molecule has 1 saturated heterocycles. The van der Waals surface area contributed by atoms with Gasteiger partial charge in [0.25, 0.3) is 11.9 Å². The predicted octanol–water partition coefficient (Wildman–Crippen LogP) is -0.0131. The van der Waals surface area contributed by atoms with Crippen molar-refractivity contribution in [3.05, 3.63) is 12.6 Å². The first kappa shape index (κ1) is 14.0. The van der Waals surface area contributed by atoms with Gasteiger partial charge in [0.2, 0.25) is 0 Å². The van der Waals surface area contributed by atoms with E-state index in [9.17, 15) is 9.59 Å². The van der Waals surface area contributed by atoms with Crippen molar-refractivity contribution in [2.75, 3.05) is 0 Å². The minimum atomic E-state index is -0.539. The first-order valence-electron chi connectivity index (χ1n) is 2.72. The smallest absolute Gasteiger partial charge is 0.693 e. The van der Waals surface area contributed by atoms with Gasteiger partial charge in [-0.05, 0) is 0 Å². The number of hydrogen-bond acceptors (Lipinski definition) is 5. The monoisotopic (exact) mass is 224 g/mol. The number of carbonyl (C=O) groups excluding carboxylic acids is 2. The van der Waals surface area contributed by atoms with Crippen LogP contribution < -0.4 is 5.73 Å². The maximum atomic E-state index is 10.5. The minimum Gasteiger partial charge on any atom is -0.693 e. The van der Waals surface area contributed by atoms with Crippen LogP contribution in [0, 0.1) is 6.41 Å². The second kappa shape index (κ2) is 6.05. The molecule has 0 atom stereocenters. The van der Waals surface area contributed by atoms with Gasteiger partial charge in [-0.1, -0.05) is 0 Å². The summed E-state index contributed by atoms with van der Waals surface area (Å²) in [6.07, 6.45) is -0.425. The Morgan fingerprint density at radius 2 is 1.50 bits per heavy atom. The second-order valence-electron chi connectivity index (χ2n) is 1.77. The fourth-order valence-electron chi connectivity index (χ4n) is 0.551. The van der Waals surface area contributed by atoms with Crippen molar-refractivity contribution < 1.29 is 38.5 Å². The molecule has 1 rings (SSSR count). The van der Waals surface area contributed by atoms with Crippen LogP contribution in [0.25, 0.3) is 6.15 Å². The maximum Gasteiger partial charge on any atom is 2.00 e. The molecule has 0 spiro atoms. The summed E-state index contributed by atoms with van der Waals surface area (Å²) in [7, 11) is 0. The Hall–Kier alpha value is -0.517. The zero-order chi connectivity index (χ0) is 7.56. The second-order valence-corrected chi connectivity index (χ2v) is 1.77. The zero-order valence-corrected chi connectivity index (χ0v) is 9.38. The van der Waals surface area contributed by atoms with Crippen LogP contribution in [0.5, 0.6) is 0 Å². The molecule has 0 unspecified atom stereocenters. The van der Waals surface area contributed by atoms with Crippen LogP contribution in [0.2, 0.25) is 0 Å². The molecule has 0 amide bonds. The summed E-state index contributed by atoms with van der Waals surface area (Å²) in [5.74, 6) is -1.08.